The van der Waals surface area contributed by atoms with Gasteiger partial charge in [0.05, 0.1) is 18.7 Å². The number of likely N-dealkylation sites (N-methyl/N-ethyl adjacent to an activating group) is 1. The smallest absolute Gasteiger partial charge is 0.254 e. The summed E-state index contributed by atoms with van der Waals surface area (Å²) in [6.07, 6.45) is 9.76. The summed E-state index contributed by atoms with van der Waals surface area (Å²) in [4.78, 5) is 23.3. The first-order valence-corrected chi connectivity index (χ1v) is 8.69. The van der Waals surface area contributed by atoms with Crippen LogP contribution in [0.25, 0.3) is 0 Å². The largest absolute Gasteiger partial charge is 0.275 e. The molecule has 1 atom stereocenters. The summed E-state index contributed by atoms with van der Waals surface area (Å²) in [5.74, 6) is 0.425. The molecule has 116 valence electrons. The van der Waals surface area contributed by atoms with Crippen LogP contribution in [0.1, 0.15) is 43.7 Å². The van der Waals surface area contributed by atoms with Crippen molar-refractivity contribution in [2.45, 2.75) is 42.9 Å². The van der Waals surface area contributed by atoms with E-state index in [1.807, 2.05) is 24.6 Å². The zero-order valence-electron chi connectivity index (χ0n) is 13.0. The summed E-state index contributed by atoms with van der Waals surface area (Å²) in [5.41, 5.74) is 0.855. The van der Waals surface area contributed by atoms with E-state index >= 15 is 0 Å². The van der Waals surface area contributed by atoms with Crippen LogP contribution in [0.15, 0.2) is 23.2 Å². The maximum Gasteiger partial charge on any atom is 0.254 e. The van der Waals surface area contributed by atoms with Gasteiger partial charge in [-0.15, -0.1) is 11.8 Å². The molecule has 0 radical (unpaired) electrons. The molecule has 0 spiro atoms. The average Bonchev–Trinajstić information content (AvgIpc) is 3.04. The van der Waals surface area contributed by atoms with E-state index < -0.39 is 0 Å². The maximum atomic E-state index is 12.6. The predicted octanol–water partition coefficient (Wildman–Crippen LogP) is 3.49. The summed E-state index contributed by atoms with van der Waals surface area (Å²) in [5, 5.41) is 1.32. The second kappa shape index (κ2) is 7.80. The van der Waals surface area contributed by atoms with Crippen LogP contribution in [-0.4, -0.2) is 36.4 Å². The Hall–Kier alpha value is -1.07. The van der Waals surface area contributed by atoms with Crippen molar-refractivity contribution in [3.8, 4) is 0 Å². The number of thioether (sulfide) groups is 1. The van der Waals surface area contributed by atoms with Crippen LogP contribution in [0.2, 0.25) is 0 Å². The van der Waals surface area contributed by atoms with Crippen LogP contribution in [0.4, 0.5) is 0 Å². The van der Waals surface area contributed by atoms with E-state index in [4.69, 9.17) is 4.84 Å². The van der Waals surface area contributed by atoms with Gasteiger partial charge in [0, 0.05) is 18.1 Å². The van der Waals surface area contributed by atoms with Gasteiger partial charge >= 0.3 is 0 Å². The van der Waals surface area contributed by atoms with Crippen molar-refractivity contribution >= 4 is 17.7 Å². The molecule has 5 heteroatoms. The molecule has 1 unspecified atom stereocenters. The molecule has 1 aromatic heterocycles. The minimum atomic E-state index is -0.200. The Morgan fingerprint density at radius 1 is 1.48 bits per heavy atom. The molecule has 21 heavy (non-hydrogen) atoms. The zero-order valence-corrected chi connectivity index (χ0v) is 13.9. The van der Waals surface area contributed by atoms with Gasteiger partial charge < -0.3 is 0 Å². The number of carbonyl (C=O) groups excluding carboxylic acids is 1. The minimum absolute atomic E-state index is 0.00574. The number of rotatable bonds is 6. The van der Waals surface area contributed by atoms with Gasteiger partial charge in [-0.3, -0.25) is 14.6 Å². The Labute approximate surface area is 131 Å². The highest BCUT2D eigenvalue weighted by Gasteiger charge is 2.29. The molecule has 0 aliphatic heterocycles. The Morgan fingerprint density at radius 3 is 2.71 bits per heavy atom. The van der Waals surface area contributed by atoms with Gasteiger partial charge in [0.15, 0.2) is 0 Å². The normalized spacial score (nSPS) is 16.9. The highest BCUT2D eigenvalue weighted by atomic mass is 32.2. The quantitative estimate of drug-likeness (QED) is 0.596. The molecule has 0 N–H and O–H groups in total. The third kappa shape index (κ3) is 4.20. The third-order valence-electron chi connectivity index (χ3n) is 4.28. The van der Waals surface area contributed by atoms with Gasteiger partial charge in [-0.25, -0.2) is 5.06 Å². The topological polar surface area (TPSA) is 42.4 Å². The fourth-order valence-corrected chi connectivity index (χ4v) is 3.32. The molecule has 0 bridgehead atoms. The van der Waals surface area contributed by atoms with Gasteiger partial charge in [0.25, 0.3) is 5.91 Å². The van der Waals surface area contributed by atoms with Crippen LogP contribution in [0.3, 0.4) is 0 Å². The number of aromatic nitrogens is 1. The van der Waals surface area contributed by atoms with E-state index in [1.165, 1.54) is 37.9 Å². The van der Waals surface area contributed by atoms with Gasteiger partial charge in [0.2, 0.25) is 0 Å². The summed E-state index contributed by atoms with van der Waals surface area (Å²) in [6.45, 7) is 0. The molecule has 1 aromatic rings. The SMILES string of the molecule is CON(C)C(=O)C(CC1CCCC1)c1ccc(SC)cn1. The van der Waals surface area contributed by atoms with Gasteiger partial charge in [-0.2, -0.15) is 0 Å². The van der Waals surface area contributed by atoms with Crippen molar-refractivity contribution < 1.29 is 9.63 Å². The highest BCUT2D eigenvalue weighted by molar-refractivity contribution is 7.98. The Kier molecular flexibility index (Phi) is 6.06. The van der Waals surface area contributed by atoms with Crippen LogP contribution in [-0.2, 0) is 9.63 Å². The summed E-state index contributed by atoms with van der Waals surface area (Å²) >= 11 is 1.66. The van der Waals surface area contributed by atoms with E-state index in [1.54, 1.807) is 18.8 Å². The number of pyridine rings is 1. The van der Waals surface area contributed by atoms with Crippen LogP contribution in [0, 0.1) is 5.92 Å². The van der Waals surface area contributed by atoms with Crippen molar-refractivity contribution in [3.63, 3.8) is 0 Å². The first kappa shape index (κ1) is 16.3. The number of amides is 1. The first-order chi connectivity index (χ1) is 10.2. The second-order valence-corrected chi connectivity index (χ2v) is 6.46. The fourth-order valence-electron chi connectivity index (χ4n) is 2.96. The summed E-state index contributed by atoms with van der Waals surface area (Å²) < 4.78 is 0. The van der Waals surface area contributed by atoms with E-state index in [9.17, 15) is 4.79 Å². The van der Waals surface area contributed by atoms with Crippen LogP contribution in [0.5, 0.6) is 0 Å². The molecular weight excluding hydrogens is 284 g/mol. The minimum Gasteiger partial charge on any atom is -0.275 e. The summed E-state index contributed by atoms with van der Waals surface area (Å²) in [6, 6.07) is 4.02. The van der Waals surface area contributed by atoms with Crippen molar-refractivity contribution in [2.24, 2.45) is 5.92 Å². The molecule has 1 aliphatic carbocycles. The number of hydrogen-bond donors (Lipinski definition) is 0. The average molecular weight is 308 g/mol. The van der Waals surface area contributed by atoms with Crippen molar-refractivity contribution in [1.82, 2.24) is 10.0 Å². The predicted molar refractivity (Wildman–Crippen MR) is 85.1 cm³/mol. The Bertz CT molecular complexity index is 458. The lowest BCUT2D eigenvalue weighted by Gasteiger charge is -2.23. The third-order valence-corrected chi connectivity index (χ3v) is 4.99. The molecule has 4 nitrogen and oxygen atoms in total. The lowest BCUT2D eigenvalue weighted by Crippen LogP contribution is -2.32. The zero-order chi connectivity index (χ0) is 15.2. The van der Waals surface area contributed by atoms with E-state index in [2.05, 4.69) is 4.98 Å². The number of nitrogens with zero attached hydrogens (tertiary/aromatic N) is 2. The summed E-state index contributed by atoms with van der Waals surface area (Å²) in [7, 11) is 3.19. The number of carbonyl (C=O) groups is 1. The van der Waals surface area contributed by atoms with Crippen LogP contribution < -0.4 is 0 Å². The number of hydroxylamine groups is 2. The second-order valence-electron chi connectivity index (χ2n) is 5.58. The molecule has 1 aliphatic rings. The Balaban J connectivity index is 2.18. The molecule has 1 amide bonds. The molecule has 0 saturated heterocycles. The van der Waals surface area contributed by atoms with Crippen LogP contribution >= 0.6 is 11.8 Å². The molecule has 1 heterocycles. The first-order valence-electron chi connectivity index (χ1n) is 7.47. The molecule has 2 rings (SSSR count). The lowest BCUT2D eigenvalue weighted by molar-refractivity contribution is -0.171. The highest BCUT2D eigenvalue weighted by Crippen LogP contribution is 2.34. The van der Waals surface area contributed by atoms with Gasteiger partial charge in [-0.1, -0.05) is 25.7 Å². The lowest BCUT2D eigenvalue weighted by atomic mass is 9.90. The van der Waals surface area contributed by atoms with Crippen molar-refractivity contribution in [2.75, 3.05) is 20.4 Å². The van der Waals surface area contributed by atoms with E-state index in [-0.39, 0.29) is 11.8 Å². The van der Waals surface area contributed by atoms with E-state index in [0.29, 0.717) is 5.92 Å². The van der Waals surface area contributed by atoms with Crippen molar-refractivity contribution in [1.29, 1.82) is 0 Å². The number of hydrogen-bond acceptors (Lipinski definition) is 4. The van der Waals surface area contributed by atoms with Crippen molar-refractivity contribution in [3.05, 3.63) is 24.0 Å². The maximum absolute atomic E-state index is 12.6. The van der Waals surface area contributed by atoms with Gasteiger partial charge in [0.1, 0.15) is 0 Å². The van der Waals surface area contributed by atoms with Gasteiger partial charge in [-0.05, 0) is 30.7 Å². The Morgan fingerprint density at radius 2 is 2.19 bits per heavy atom. The van der Waals surface area contributed by atoms with E-state index in [0.717, 1.165) is 17.0 Å². The monoisotopic (exact) mass is 308 g/mol. The fraction of sp³-hybridized carbons (Fsp3) is 0.625. The molecule has 1 saturated carbocycles. The standard InChI is InChI=1S/C16H24N2O2S/c1-18(20-2)16(19)14(10-12-6-4-5-7-12)15-9-8-13(21-3)11-17-15/h8-9,11-12,14H,4-7,10H2,1-3H3. The molecular formula is C16H24N2O2S. The molecule has 1 fully saturated rings. The molecule has 0 aromatic carbocycles.